The largest absolute Gasteiger partial charge is 0.383 e. The molecule has 3 heterocycles. The van der Waals surface area contributed by atoms with Crippen LogP contribution in [0.2, 0.25) is 0 Å². The topological polar surface area (TPSA) is 79.2 Å². The number of imidazole rings is 1. The van der Waals surface area contributed by atoms with Crippen molar-refractivity contribution in [2.45, 2.75) is 44.8 Å². The van der Waals surface area contributed by atoms with Crippen LogP contribution in [0.4, 0.5) is 0 Å². The predicted octanol–water partition coefficient (Wildman–Crippen LogP) is 2.82. The summed E-state index contributed by atoms with van der Waals surface area (Å²) in [5.74, 6) is 1.96. The lowest BCUT2D eigenvalue weighted by molar-refractivity contribution is 0.184. The number of nitrogens with zero attached hydrogens (tertiary/aromatic N) is 6. The Morgan fingerprint density at radius 1 is 1.14 bits per heavy atom. The summed E-state index contributed by atoms with van der Waals surface area (Å²) in [4.78, 5) is 17.5. The van der Waals surface area contributed by atoms with Crippen LogP contribution < -0.4 is 5.56 Å². The molecule has 0 saturated heterocycles. The lowest BCUT2D eigenvalue weighted by Gasteiger charge is -2.10. The fourth-order valence-corrected chi connectivity index (χ4v) is 4.53. The van der Waals surface area contributed by atoms with Crippen molar-refractivity contribution in [1.29, 1.82) is 0 Å². The Hall–Kier alpha value is -2.65. The summed E-state index contributed by atoms with van der Waals surface area (Å²) in [7, 11) is 1.70. The third-order valence-corrected chi connectivity index (χ3v) is 6.14. The lowest BCUT2D eigenvalue weighted by Crippen LogP contribution is -2.22. The molecule has 9 heteroatoms. The van der Waals surface area contributed by atoms with Crippen LogP contribution in [-0.2, 0) is 23.6 Å². The van der Waals surface area contributed by atoms with E-state index in [1.165, 1.54) is 0 Å². The maximum absolute atomic E-state index is 12.8. The number of para-hydroxylation sites is 1. The van der Waals surface area contributed by atoms with Crippen molar-refractivity contribution in [2.24, 2.45) is 0 Å². The molecule has 0 aliphatic rings. The average molecular weight is 413 g/mol. The van der Waals surface area contributed by atoms with Gasteiger partial charge in [0.25, 0.3) is 5.56 Å². The lowest BCUT2D eigenvalue weighted by atomic mass is 10.2. The number of fused-ring (bicyclic) bond motifs is 3. The zero-order valence-electron chi connectivity index (χ0n) is 17.0. The molecule has 4 rings (SSSR count). The van der Waals surface area contributed by atoms with E-state index in [-0.39, 0.29) is 5.56 Å². The highest BCUT2D eigenvalue weighted by Gasteiger charge is 2.17. The van der Waals surface area contributed by atoms with Crippen molar-refractivity contribution in [2.75, 3.05) is 13.7 Å². The molecule has 0 N–H and O–H groups in total. The van der Waals surface area contributed by atoms with Crippen LogP contribution in [0.25, 0.3) is 16.7 Å². The quantitative estimate of drug-likeness (QED) is 0.434. The Kier molecular flexibility index (Phi) is 5.42. The van der Waals surface area contributed by atoms with E-state index in [9.17, 15) is 4.79 Å². The van der Waals surface area contributed by atoms with Gasteiger partial charge in [-0.25, -0.2) is 4.98 Å². The minimum Gasteiger partial charge on any atom is -0.383 e. The smallest absolute Gasteiger partial charge is 0.262 e. The Balaban J connectivity index is 1.76. The number of ether oxygens (including phenoxy) is 1. The number of methoxy groups -OCH3 is 1. The summed E-state index contributed by atoms with van der Waals surface area (Å²) in [6.45, 7) is 7.95. The van der Waals surface area contributed by atoms with Crippen molar-refractivity contribution in [3.05, 3.63) is 51.8 Å². The fraction of sp³-hybridized carbons (Fsp3) is 0.400. The van der Waals surface area contributed by atoms with Crippen LogP contribution in [0.15, 0.2) is 34.2 Å². The second-order valence-corrected chi connectivity index (χ2v) is 7.76. The molecule has 1 aromatic carbocycles. The monoisotopic (exact) mass is 412 g/mol. The van der Waals surface area contributed by atoms with E-state index in [0.29, 0.717) is 30.1 Å². The van der Waals surface area contributed by atoms with Crippen LogP contribution >= 0.6 is 11.8 Å². The highest BCUT2D eigenvalue weighted by atomic mass is 32.2. The van der Waals surface area contributed by atoms with Gasteiger partial charge >= 0.3 is 0 Å². The minimum atomic E-state index is -0.0384. The van der Waals surface area contributed by atoms with Crippen molar-refractivity contribution in [3.63, 3.8) is 0 Å². The molecule has 4 aromatic rings. The van der Waals surface area contributed by atoms with E-state index in [0.717, 1.165) is 34.4 Å². The molecule has 0 bridgehead atoms. The van der Waals surface area contributed by atoms with Crippen LogP contribution in [0.3, 0.4) is 0 Å². The zero-order chi connectivity index (χ0) is 20.5. The maximum Gasteiger partial charge on any atom is 0.262 e. The standard InChI is InChI=1S/C20H24N6O2S/c1-5-24-18(27)15-8-6-7-9-16(15)26-17(22-23-19(24)26)12-29-20-21-13(2)14(3)25(20)10-11-28-4/h6-9H,5,10-12H2,1-4H3. The van der Waals surface area contributed by atoms with Crippen LogP contribution in [0.5, 0.6) is 0 Å². The molecule has 0 unspecified atom stereocenters. The summed E-state index contributed by atoms with van der Waals surface area (Å²) in [5.41, 5.74) is 2.94. The Morgan fingerprint density at radius 3 is 2.69 bits per heavy atom. The molecule has 0 aliphatic heterocycles. The van der Waals surface area contributed by atoms with Gasteiger partial charge in [-0.2, -0.15) is 0 Å². The third kappa shape index (κ3) is 3.34. The fourth-order valence-electron chi connectivity index (χ4n) is 3.50. The summed E-state index contributed by atoms with van der Waals surface area (Å²) < 4.78 is 11.1. The molecule has 0 saturated carbocycles. The second-order valence-electron chi connectivity index (χ2n) is 6.82. The van der Waals surface area contributed by atoms with Gasteiger partial charge in [0, 0.05) is 25.9 Å². The predicted molar refractivity (Wildman–Crippen MR) is 114 cm³/mol. The second kappa shape index (κ2) is 8.00. The average Bonchev–Trinajstić information content (AvgIpc) is 3.27. The van der Waals surface area contributed by atoms with Crippen LogP contribution in [-0.4, -0.2) is 42.4 Å². The van der Waals surface area contributed by atoms with Gasteiger partial charge in [-0.1, -0.05) is 23.9 Å². The number of thioether (sulfide) groups is 1. The van der Waals surface area contributed by atoms with Gasteiger partial charge < -0.3 is 9.30 Å². The van der Waals surface area contributed by atoms with E-state index >= 15 is 0 Å². The summed E-state index contributed by atoms with van der Waals surface area (Å²) in [6, 6.07) is 7.60. The van der Waals surface area contributed by atoms with Crippen LogP contribution in [0, 0.1) is 13.8 Å². The number of rotatable bonds is 7. The van der Waals surface area contributed by atoms with E-state index in [2.05, 4.69) is 21.7 Å². The van der Waals surface area contributed by atoms with E-state index < -0.39 is 0 Å². The molecule has 29 heavy (non-hydrogen) atoms. The van der Waals surface area contributed by atoms with Gasteiger partial charge in [-0.05, 0) is 32.9 Å². The number of benzene rings is 1. The third-order valence-electron chi connectivity index (χ3n) is 5.16. The summed E-state index contributed by atoms with van der Waals surface area (Å²) in [5, 5.41) is 10.3. The van der Waals surface area contributed by atoms with Crippen molar-refractivity contribution >= 4 is 28.4 Å². The minimum absolute atomic E-state index is 0.0384. The molecular formula is C20H24N6O2S. The number of hydrogen-bond donors (Lipinski definition) is 0. The first kappa shape index (κ1) is 19.7. The Bertz CT molecular complexity index is 1240. The van der Waals surface area contributed by atoms with Crippen molar-refractivity contribution in [1.82, 2.24) is 28.7 Å². The van der Waals surface area contributed by atoms with Gasteiger partial charge in [-0.15, -0.1) is 10.2 Å². The summed E-state index contributed by atoms with van der Waals surface area (Å²) >= 11 is 1.62. The van der Waals surface area contributed by atoms with Crippen molar-refractivity contribution in [3.8, 4) is 0 Å². The molecule has 0 fully saturated rings. The zero-order valence-corrected chi connectivity index (χ0v) is 17.9. The van der Waals surface area contributed by atoms with E-state index in [1.807, 2.05) is 42.5 Å². The Labute approximate surface area is 172 Å². The molecule has 0 atom stereocenters. The first-order valence-corrected chi connectivity index (χ1v) is 10.6. The molecule has 0 spiro atoms. The highest BCUT2D eigenvalue weighted by Crippen LogP contribution is 2.25. The number of aromatic nitrogens is 6. The van der Waals surface area contributed by atoms with Crippen molar-refractivity contribution < 1.29 is 4.74 Å². The van der Waals surface area contributed by atoms with Gasteiger partial charge in [-0.3, -0.25) is 13.8 Å². The number of aryl methyl sites for hydroxylation is 2. The Morgan fingerprint density at radius 2 is 1.93 bits per heavy atom. The molecule has 0 amide bonds. The van der Waals surface area contributed by atoms with E-state index in [1.54, 1.807) is 23.4 Å². The van der Waals surface area contributed by atoms with Crippen LogP contribution in [0.1, 0.15) is 24.1 Å². The normalized spacial score (nSPS) is 11.7. The van der Waals surface area contributed by atoms with Gasteiger partial charge in [0.1, 0.15) is 5.82 Å². The molecule has 0 aliphatic carbocycles. The SMILES string of the molecule is CCn1c(=O)c2ccccc2n2c(CSc3nc(C)c(C)n3CCOC)nnc12. The number of hydrogen-bond acceptors (Lipinski definition) is 6. The van der Waals surface area contributed by atoms with E-state index in [4.69, 9.17) is 9.72 Å². The van der Waals surface area contributed by atoms with Gasteiger partial charge in [0.2, 0.25) is 5.78 Å². The van der Waals surface area contributed by atoms with Gasteiger partial charge in [0.15, 0.2) is 5.16 Å². The maximum atomic E-state index is 12.8. The molecular weight excluding hydrogens is 388 g/mol. The highest BCUT2D eigenvalue weighted by molar-refractivity contribution is 7.98. The summed E-state index contributed by atoms with van der Waals surface area (Å²) in [6.07, 6.45) is 0. The molecule has 8 nitrogen and oxygen atoms in total. The molecule has 0 radical (unpaired) electrons. The molecule has 152 valence electrons. The first-order chi connectivity index (χ1) is 14.1. The first-order valence-electron chi connectivity index (χ1n) is 9.57. The molecule has 3 aromatic heterocycles. The van der Waals surface area contributed by atoms with Gasteiger partial charge in [0.05, 0.1) is 29.0 Å².